The minimum Gasteiger partial charge on any atom is -0.484 e. The molecule has 3 N–H and O–H groups in total. The van der Waals surface area contributed by atoms with E-state index in [9.17, 15) is 9.59 Å². The molecule has 0 radical (unpaired) electrons. The molecular formula is C20H23N3O3. The molecule has 3 rings (SSSR count). The van der Waals surface area contributed by atoms with Crippen molar-refractivity contribution in [2.45, 2.75) is 18.4 Å². The Balaban J connectivity index is 1.67. The van der Waals surface area contributed by atoms with Crippen LogP contribution in [0, 0.1) is 0 Å². The van der Waals surface area contributed by atoms with Gasteiger partial charge in [0.2, 0.25) is 5.91 Å². The minimum absolute atomic E-state index is 0.0464. The summed E-state index contributed by atoms with van der Waals surface area (Å²) in [6.07, 6.45) is 0.596. The van der Waals surface area contributed by atoms with Crippen LogP contribution in [0.3, 0.4) is 0 Å². The summed E-state index contributed by atoms with van der Waals surface area (Å²) in [5.41, 5.74) is 8.80. The number of nitrogens with zero attached hydrogens (tertiary/aromatic N) is 1. The van der Waals surface area contributed by atoms with Gasteiger partial charge in [0.15, 0.2) is 6.61 Å². The lowest BCUT2D eigenvalue weighted by molar-refractivity contribution is -0.130. The van der Waals surface area contributed by atoms with Gasteiger partial charge in [-0.3, -0.25) is 9.59 Å². The fourth-order valence-corrected chi connectivity index (χ4v) is 3.09. The quantitative estimate of drug-likeness (QED) is 0.864. The summed E-state index contributed by atoms with van der Waals surface area (Å²) >= 11 is 0. The van der Waals surface area contributed by atoms with E-state index in [0.29, 0.717) is 17.9 Å². The maximum atomic E-state index is 12.7. The van der Waals surface area contributed by atoms with Gasteiger partial charge in [0.1, 0.15) is 5.75 Å². The average molecular weight is 353 g/mol. The lowest BCUT2D eigenvalue weighted by Crippen LogP contribution is -2.27. The maximum Gasteiger partial charge on any atom is 0.259 e. The molecule has 136 valence electrons. The van der Waals surface area contributed by atoms with E-state index in [-0.39, 0.29) is 30.4 Å². The molecule has 0 heterocycles. The highest BCUT2D eigenvalue weighted by atomic mass is 16.5. The van der Waals surface area contributed by atoms with E-state index in [2.05, 4.69) is 5.32 Å². The zero-order chi connectivity index (χ0) is 18.7. The number of nitrogens with two attached hydrogens (primary N) is 1. The molecule has 26 heavy (non-hydrogen) atoms. The number of fused-ring (bicyclic) bond motifs is 1. The molecule has 2 aromatic rings. The van der Waals surface area contributed by atoms with Gasteiger partial charge in [0.05, 0.1) is 5.92 Å². The molecule has 2 atom stereocenters. The van der Waals surface area contributed by atoms with Gasteiger partial charge in [-0.25, -0.2) is 0 Å². The largest absolute Gasteiger partial charge is 0.484 e. The first kappa shape index (κ1) is 17.9. The van der Waals surface area contributed by atoms with Crippen molar-refractivity contribution in [2.75, 3.05) is 26.0 Å². The molecule has 2 amide bonds. The minimum atomic E-state index is -0.263. The first-order valence-electron chi connectivity index (χ1n) is 8.54. The number of nitrogens with one attached hydrogen (secondary N) is 1. The number of hydrogen-bond acceptors (Lipinski definition) is 4. The number of amides is 2. The van der Waals surface area contributed by atoms with Gasteiger partial charge < -0.3 is 20.7 Å². The van der Waals surface area contributed by atoms with E-state index in [0.717, 1.165) is 11.1 Å². The molecular weight excluding hydrogens is 330 g/mol. The normalized spacial score (nSPS) is 18.1. The van der Waals surface area contributed by atoms with Crippen LogP contribution in [0.15, 0.2) is 48.5 Å². The standard InChI is InChI=1S/C20H23N3O3/c1-23(2)19(24)12-26-14-7-5-6-13(10-14)22-20(25)17-11-18(21)16-9-4-3-8-15(16)17/h3-10,17-18H,11-12,21H2,1-2H3,(H,22,25). The molecule has 0 aliphatic heterocycles. The van der Waals surface area contributed by atoms with Crippen LogP contribution in [-0.4, -0.2) is 37.4 Å². The second kappa shape index (κ2) is 7.58. The number of rotatable bonds is 5. The molecule has 2 unspecified atom stereocenters. The topological polar surface area (TPSA) is 84.7 Å². The molecule has 1 aliphatic carbocycles. The molecule has 6 nitrogen and oxygen atoms in total. The van der Waals surface area contributed by atoms with Crippen LogP contribution in [0.2, 0.25) is 0 Å². The lowest BCUT2D eigenvalue weighted by atomic mass is 10.0. The first-order valence-corrected chi connectivity index (χ1v) is 8.54. The summed E-state index contributed by atoms with van der Waals surface area (Å²) in [6, 6.07) is 14.7. The van der Waals surface area contributed by atoms with Crippen molar-refractivity contribution in [2.24, 2.45) is 5.73 Å². The van der Waals surface area contributed by atoms with E-state index in [1.165, 1.54) is 4.90 Å². The third kappa shape index (κ3) is 3.86. The van der Waals surface area contributed by atoms with E-state index >= 15 is 0 Å². The smallest absolute Gasteiger partial charge is 0.259 e. The second-order valence-corrected chi connectivity index (χ2v) is 6.62. The molecule has 0 bridgehead atoms. The first-order chi connectivity index (χ1) is 12.5. The highest BCUT2D eigenvalue weighted by Gasteiger charge is 2.33. The van der Waals surface area contributed by atoms with Crippen molar-refractivity contribution in [1.29, 1.82) is 0 Å². The fraction of sp³-hybridized carbons (Fsp3) is 0.300. The SMILES string of the molecule is CN(C)C(=O)COc1cccc(NC(=O)C2CC(N)c3ccccc32)c1. The zero-order valence-corrected chi connectivity index (χ0v) is 14.9. The summed E-state index contributed by atoms with van der Waals surface area (Å²) in [5, 5.41) is 2.93. The van der Waals surface area contributed by atoms with Gasteiger partial charge >= 0.3 is 0 Å². The van der Waals surface area contributed by atoms with E-state index in [1.54, 1.807) is 38.4 Å². The molecule has 0 spiro atoms. The van der Waals surface area contributed by atoms with Crippen LogP contribution in [-0.2, 0) is 9.59 Å². The lowest BCUT2D eigenvalue weighted by Gasteiger charge is -2.14. The molecule has 0 saturated heterocycles. The molecule has 0 aromatic heterocycles. The zero-order valence-electron chi connectivity index (χ0n) is 14.9. The van der Waals surface area contributed by atoms with Crippen LogP contribution in [0.25, 0.3) is 0 Å². The van der Waals surface area contributed by atoms with Crippen LogP contribution in [0.5, 0.6) is 5.75 Å². The van der Waals surface area contributed by atoms with Gasteiger partial charge in [-0.15, -0.1) is 0 Å². The average Bonchev–Trinajstić information content (AvgIpc) is 2.97. The summed E-state index contributed by atoms with van der Waals surface area (Å²) in [7, 11) is 3.35. The van der Waals surface area contributed by atoms with Gasteiger partial charge in [-0.2, -0.15) is 0 Å². The Bertz CT molecular complexity index is 819. The molecule has 2 aromatic carbocycles. The van der Waals surface area contributed by atoms with Crippen LogP contribution in [0.4, 0.5) is 5.69 Å². The maximum absolute atomic E-state index is 12.7. The Kier molecular flexibility index (Phi) is 5.23. The molecule has 1 aliphatic rings. The number of likely N-dealkylation sites (N-methyl/N-ethyl adjacent to an activating group) is 1. The number of carbonyl (C=O) groups is 2. The van der Waals surface area contributed by atoms with Gasteiger partial charge in [0.25, 0.3) is 5.91 Å². The highest BCUT2D eigenvalue weighted by Crippen LogP contribution is 2.39. The van der Waals surface area contributed by atoms with E-state index in [1.807, 2.05) is 24.3 Å². The number of hydrogen-bond donors (Lipinski definition) is 2. The van der Waals surface area contributed by atoms with Gasteiger partial charge in [-0.05, 0) is 29.7 Å². The Morgan fingerprint density at radius 3 is 2.62 bits per heavy atom. The molecule has 0 fully saturated rings. The summed E-state index contributed by atoms with van der Waals surface area (Å²) in [5.74, 6) is 0.0468. The Morgan fingerprint density at radius 1 is 1.15 bits per heavy atom. The monoisotopic (exact) mass is 353 g/mol. The predicted octanol–water partition coefficient (Wildman–Crippen LogP) is 2.28. The van der Waals surface area contributed by atoms with E-state index in [4.69, 9.17) is 10.5 Å². The van der Waals surface area contributed by atoms with Crippen molar-refractivity contribution < 1.29 is 14.3 Å². The van der Waals surface area contributed by atoms with Crippen molar-refractivity contribution >= 4 is 17.5 Å². The highest BCUT2D eigenvalue weighted by molar-refractivity contribution is 5.96. The fourth-order valence-electron chi connectivity index (χ4n) is 3.09. The van der Waals surface area contributed by atoms with Gasteiger partial charge in [0, 0.05) is 31.9 Å². The van der Waals surface area contributed by atoms with Crippen molar-refractivity contribution in [3.63, 3.8) is 0 Å². The number of anilines is 1. The number of carbonyl (C=O) groups excluding carboxylic acids is 2. The third-order valence-corrected chi connectivity index (χ3v) is 4.54. The number of ether oxygens (including phenoxy) is 1. The molecule has 6 heteroatoms. The predicted molar refractivity (Wildman–Crippen MR) is 100.0 cm³/mol. The van der Waals surface area contributed by atoms with Crippen LogP contribution in [0.1, 0.15) is 29.5 Å². The van der Waals surface area contributed by atoms with E-state index < -0.39 is 0 Å². The Labute approximate surface area is 152 Å². The summed E-state index contributed by atoms with van der Waals surface area (Å²) in [6.45, 7) is -0.0464. The number of benzene rings is 2. The van der Waals surface area contributed by atoms with Crippen molar-refractivity contribution in [3.8, 4) is 5.75 Å². The van der Waals surface area contributed by atoms with Gasteiger partial charge in [-0.1, -0.05) is 30.3 Å². The van der Waals surface area contributed by atoms with Crippen LogP contribution < -0.4 is 15.8 Å². The van der Waals surface area contributed by atoms with Crippen molar-refractivity contribution in [3.05, 3.63) is 59.7 Å². The Morgan fingerprint density at radius 2 is 1.88 bits per heavy atom. The Hall–Kier alpha value is -2.86. The summed E-state index contributed by atoms with van der Waals surface area (Å²) < 4.78 is 5.49. The van der Waals surface area contributed by atoms with Crippen LogP contribution >= 0.6 is 0 Å². The third-order valence-electron chi connectivity index (χ3n) is 4.54. The summed E-state index contributed by atoms with van der Waals surface area (Å²) in [4.78, 5) is 25.8. The second-order valence-electron chi connectivity index (χ2n) is 6.62. The molecule has 0 saturated carbocycles. The van der Waals surface area contributed by atoms with Crippen molar-refractivity contribution in [1.82, 2.24) is 4.90 Å².